The van der Waals surface area contributed by atoms with Gasteiger partial charge in [-0.25, -0.2) is 0 Å². The van der Waals surface area contributed by atoms with Gasteiger partial charge in [-0.05, 0) is 12.8 Å². The van der Waals surface area contributed by atoms with E-state index >= 15 is 0 Å². The van der Waals surface area contributed by atoms with Crippen LogP contribution in [0.1, 0.15) is 24.6 Å². The van der Waals surface area contributed by atoms with E-state index in [0.717, 1.165) is 18.7 Å². The van der Waals surface area contributed by atoms with Crippen molar-refractivity contribution < 1.29 is 4.52 Å². The van der Waals surface area contributed by atoms with Crippen molar-refractivity contribution in [2.75, 3.05) is 5.73 Å². The molecule has 1 aliphatic carbocycles. The largest absolute Gasteiger partial charge is 0.366 e. The highest BCUT2D eigenvalue weighted by Gasteiger charge is 2.29. The fourth-order valence-corrected chi connectivity index (χ4v) is 1.21. The van der Waals surface area contributed by atoms with Gasteiger partial charge in [0.15, 0.2) is 5.82 Å². The van der Waals surface area contributed by atoms with Crippen molar-refractivity contribution in [2.24, 2.45) is 0 Å². The van der Waals surface area contributed by atoms with Crippen LogP contribution >= 0.6 is 0 Å². The number of nitrogens with one attached hydrogen (secondary N) is 1. The summed E-state index contributed by atoms with van der Waals surface area (Å²) in [4.78, 5) is 8.08. The Kier molecular flexibility index (Phi) is 1.35. The van der Waals surface area contributed by atoms with Gasteiger partial charge in [0.2, 0.25) is 11.8 Å². The van der Waals surface area contributed by atoms with E-state index in [-0.39, 0.29) is 5.95 Å². The molecule has 0 aliphatic heterocycles. The normalized spacial score (nSPS) is 16.0. The van der Waals surface area contributed by atoms with E-state index in [2.05, 4.69) is 25.3 Å². The van der Waals surface area contributed by atoms with E-state index in [9.17, 15) is 0 Å². The maximum Gasteiger partial charge on any atom is 0.295 e. The zero-order chi connectivity index (χ0) is 9.54. The average molecular weight is 192 g/mol. The van der Waals surface area contributed by atoms with Gasteiger partial charge in [-0.3, -0.25) is 5.10 Å². The standard InChI is InChI=1S/C7H8N6O/c8-7-10-5(11-12-7)6-9-4(13-14-6)3-1-2-3/h3H,1-2H2,(H3,8,10,11,12). The average Bonchev–Trinajstić information content (AvgIpc) is 2.76. The molecule has 1 fully saturated rings. The SMILES string of the molecule is Nc1n[nH]c(-c2nc(C3CC3)no2)n1. The number of aromatic nitrogens is 5. The van der Waals surface area contributed by atoms with Gasteiger partial charge in [0.25, 0.3) is 5.89 Å². The third-order valence-corrected chi connectivity index (χ3v) is 2.09. The van der Waals surface area contributed by atoms with Gasteiger partial charge >= 0.3 is 0 Å². The molecule has 0 unspecified atom stereocenters. The molecular formula is C7H8N6O. The van der Waals surface area contributed by atoms with Crippen LogP contribution in [0.2, 0.25) is 0 Å². The van der Waals surface area contributed by atoms with Gasteiger partial charge in [0.05, 0.1) is 0 Å². The summed E-state index contributed by atoms with van der Waals surface area (Å²) in [6.07, 6.45) is 2.27. The fraction of sp³-hybridized carbons (Fsp3) is 0.429. The predicted molar refractivity (Wildman–Crippen MR) is 46.1 cm³/mol. The Hall–Kier alpha value is -1.92. The molecule has 72 valence electrons. The third-order valence-electron chi connectivity index (χ3n) is 2.09. The molecule has 0 saturated heterocycles. The van der Waals surface area contributed by atoms with Crippen LogP contribution in [-0.4, -0.2) is 25.3 Å². The monoisotopic (exact) mass is 192 g/mol. The number of nitrogens with zero attached hydrogens (tertiary/aromatic N) is 4. The van der Waals surface area contributed by atoms with Gasteiger partial charge in [0.1, 0.15) is 0 Å². The van der Waals surface area contributed by atoms with E-state index in [0.29, 0.717) is 17.6 Å². The number of rotatable bonds is 2. The Morgan fingerprint density at radius 2 is 2.21 bits per heavy atom. The zero-order valence-electron chi connectivity index (χ0n) is 7.27. The maximum atomic E-state index is 5.35. The number of aromatic amines is 1. The van der Waals surface area contributed by atoms with Crippen LogP contribution in [0.5, 0.6) is 0 Å². The fourth-order valence-electron chi connectivity index (χ4n) is 1.21. The topological polar surface area (TPSA) is 107 Å². The second-order valence-corrected chi connectivity index (χ2v) is 3.27. The smallest absolute Gasteiger partial charge is 0.295 e. The van der Waals surface area contributed by atoms with E-state index < -0.39 is 0 Å². The molecule has 0 atom stereocenters. The summed E-state index contributed by atoms with van der Waals surface area (Å²) in [5, 5.41) is 10.1. The number of anilines is 1. The summed E-state index contributed by atoms with van der Waals surface area (Å²) in [5.41, 5.74) is 5.35. The first-order chi connectivity index (χ1) is 6.83. The summed E-state index contributed by atoms with van der Waals surface area (Å²) in [6, 6.07) is 0. The van der Waals surface area contributed by atoms with Crippen LogP contribution in [0.4, 0.5) is 5.95 Å². The first-order valence-corrected chi connectivity index (χ1v) is 4.35. The molecule has 3 N–H and O–H groups in total. The molecule has 1 saturated carbocycles. The van der Waals surface area contributed by atoms with Crippen LogP contribution in [-0.2, 0) is 0 Å². The molecule has 0 spiro atoms. The van der Waals surface area contributed by atoms with Crippen molar-refractivity contribution in [2.45, 2.75) is 18.8 Å². The van der Waals surface area contributed by atoms with Crippen molar-refractivity contribution in [1.29, 1.82) is 0 Å². The Morgan fingerprint density at radius 3 is 2.86 bits per heavy atom. The van der Waals surface area contributed by atoms with Crippen LogP contribution in [0, 0.1) is 0 Å². The number of hydrogen-bond donors (Lipinski definition) is 2. The summed E-state index contributed by atoms with van der Waals surface area (Å²) >= 11 is 0. The molecule has 0 amide bonds. The van der Waals surface area contributed by atoms with Crippen molar-refractivity contribution in [3.05, 3.63) is 5.82 Å². The Balaban J connectivity index is 1.95. The first kappa shape index (κ1) is 7.48. The lowest BCUT2D eigenvalue weighted by atomic mass is 10.4. The minimum Gasteiger partial charge on any atom is -0.366 e. The lowest BCUT2D eigenvalue weighted by Gasteiger charge is -1.81. The lowest BCUT2D eigenvalue weighted by molar-refractivity contribution is 0.420. The third kappa shape index (κ3) is 1.13. The quantitative estimate of drug-likeness (QED) is 0.709. The van der Waals surface area contributed by atoms with Crippen LogP contribution in [0.25, 0.3) is 11.7 Å². The van der Waals surface area contributed by atoms with E-state index in [4.69, 9.17) is 10.3 Å². The Labute approximate surface area is 78.7 Å². The predicted octanol–water partition coefficient (Wildman–Crippen LogP) is 0.314. The molecular weight excluding hydrogens is 184 g/mol. The zero-order valence-corrected chi connectivity index (χ0v) is 7.27. The Morgan fingerprint density at radius 1 is 1.36 bits per heavy atom. The van der Waals surface area contributed by atoms with E-state index in [1.165, 1.54) is 0 Å². The number of hydrogen-bond acceptors (Lipinski definition) is 6. The second-order valence-electron chi connectivity index (χ2n) is 3.27. The second kappa shape index (κ2) is 2.53. The number of H-pyrrole nitrogens is 1. The molecule has 7 heteroatoms. The summed E-state index contributed by atoms with van der Waals surface area (Å²) in [5.74, 6) is 2.15. The van der Waals surface area contributed by atoms with Gasteiger partial charge in [-0.1, -0.05) is 5.16 Å². The molecule has 0 aromatic carbocycles. The van der Waals surface area contributed by atoms with Crippen molar-refractivity contribution in [1.82, 2.24) is 25.3 Å². The summed E-state index contributed by atoms with van der Waals surface area (Å²) in [7, 11) is 0. The molecule has 7 nitrogen and oxygen atoms in total. The highest BCUT2D eigenvalue weighted by Crippen LogP contribution is 2.38. The maximum absolute atomic E-state index is 5.35. The number of nitrogens with two attached hydrogens (primary N) is 1. The Bertz CT molecular complexity index is 456. The van der Waals surface area contributed by atoms with Gasteiger partial charge in [-0.2, -0.15) is 9.97 Å². The first-order valence-electron chi connectivity index (χ1n) is 4.35. The van der Waals surface area contributed by atoms with Crippen molar-refractivity contribution in [3.8, 4) is 11.7 Å². The minimum atomic E-state index is 0.172. The highest BCUT2D eigenvalue weighted by atomic mass is 16.5. The van der Waals surface area contributed by atoms with Crippen LogP contribution in [0.3, 0.4) is 0 Å². The van der Waals surface area contributed by atoms with Crippen LogP contribution in [0.15, 0.2) is 4.52 Å². The lowest BCUT2D eigenvalue weighted by Crippen LogP contribution is -1.86. The highest BCUT2D eigenvalue weighted by molar-refractivity contribution is 5.41. The number of nitrogen functional groups attached to an aromatic ring is 1. The summed E-state index contributed by atoms with van der Waals surface area (Å²) in [6.45, 7) is 0. The van der Waals surface area contributed by atoms with Crippen molar-refractivity contribution >= 4 is 5.95 Å². The molecule has 14 heavy (non-hydrogen) atoms. The van der Waals surface area contributed by atoms with E-state index in [1.54, 1.807) is 0 Å². The molecule has 2 aromatic rings. The van der Waals surface area contributed by atoms with E-state index in [1.807, 2.05) is 0 Å². The molecule has 3 rings (SSSR count). The summed E-state index contributed by atoms with van der Waals surface area (Å²) < 4.78 is 5.01. The molecule has 1 aliphatic rings. The van der Waals surface area contributed by atoms with Crippen molar-refractivity contribution in [3.63, 3.8) is 0 Å². The molecule has 0 radical (unpaired) electrons. The van der Waals surface area contributed by atoms with Gasteiger partial charge in [-0.15, -0.1) is 5.10 Å². The van der Waals surface area contributed by atoms with Gasteiger partial charge in [0, 0.05) is 5.92 Å². The molecule has 2 heterocycles. The van der Waals surface area contributed by atoms with Gasteiger partial charge < -0.3 is 10.3 Å². The molecule has 2 aromatic heterocycles. The minimum absolute atomic E-state index is 0.172. The van der Waals surface area contributed by atoms with Crippen LogP contribution < -0.4 is 5.73 Å². The molecule has 0 bridgehead atoms.